The van der Waals surface area contributed by atoms with Gasteiger partial charge in [0.2, 0.25) is 11.8 Å². The van der Waals surface area contributed by atoms with E-state index < -0.39 is 11.9 Å². The number of benzene rings is 6. The molecule has 0 saturated heterocycles. The summed E-state index contributed by atoms with van der Waals surface area (Å²) in [6.07, 6.45) is 2.43. The fraction of sp³-hybridized carbons (Fsp3) is 0.128. The third-order valence-corrected chi connectivity index (χ3v) is 10.9. The lowest BCUT2D eigenvalue weighted by molar-refractivity contribution is -0.117. The Morgan fingerprint density at radius 1 is 0.587 bits per heavy atom. The normalized spacial score (nSPS) is 11.2. The van der Waals surface area contributed by atoms with Gasteiger partial charge in [-0.3, -0.25) is 19.2 Å². The van der Waals surface area contributed by atoms with Crippen molar-refractivity contribution in [2.75, 3.05) is 21.3 Å². The van der Waals surface area contributed by atoms with Crippen molar-refractivity contribution in [1.29, 1.82) is 0 Å². The molecule has 10 nitrogen and oxygen atoms in total. The van der Waals surface area contributed by atoms with Crippen LogP contribution in [0.1, 0.15) is 53.8 Å². The minimum Gasteiger partial charge on any atom is -0.478 e. The fourth-order valence-electron chi connectivity index (χ4n) is 5.19. The van der Waals surface area contributed by atoms with Gasteiger partial charge in [0.15, 0.2) is 0 Å². The summed E-state index contributed by atoms with van der Waals surface area (Å²) in [5, 5.41) is 24.7. The molecule has 7 rings (SSSR count). The molecule has 0 aromatic heterocycles. The Balaban J connectivity index is 0.000000190. The van der Waals surface area contributed by atoms with Crippen molar-refractivity contribution in [1.82, 2.24) is 0 Å². The number of aromatic carboxylic acids is 1. The van der Waals surface area contributed by atoms with Gasteiger partial charge in [0.1, 0.15) is 0 Å². The summed E-state index contributed by atoms with van der Waals surface area (Å²) in [6, 6.07) is 34.4. The number of anilines is 4. The molecule has 0 aliphatic heterocycles. The summed E-state index contributed by atoms with van der Waals surface area (Å²) in [5.41, 5.74) is 3.20. The maximum atomic E-state index is 12.4. The van der Waals surface area contributed by atoms with Crippen molar-refractivity contribution >= 4 is 133 Å². The van der Waals surface area contributed by atoms with Gasteiger partial charge in [-0.2, -0.15) is 0 Å². The zero-order valence-electron chi connectivity index (χ0n) is 33.7. The van der Waals surface area contributed by atoms with Crippen molar-refractivity contribution < 1.29 is 29.1 Å². The van der Waals surface area contributed by atoms with Crippen LogP contribution in [0.15, 0.2) is 133 Å². The van der Waals surface area contributed by atoms with Gasteiger partial charge in [-0.1, -0.05) is 132 Å². The second-order valence-electron chi connectivity index (χ2n) is 13.6. The topological polar surface area (TPSA) is 154 Å². The number of rotatable bonds is 9. The van der Waals surface area contributed by atoms with Crippen LogP contribution < -0.4 is 21.3 Å². The second kappa shape index (κ2) is 24.3. The number of fused-ring (bicyclic) bond motifs is 1. The molecule has 63 heavy (non-hydrogen) atoms. The van der Waals surface area contributed by atoms with Gasteiger partial charge < -0.3 is 26.4 Å². The van der Waals surface area contributed by atoms with E-state index >= 15 is 0 Å². The molecule has 0 bridgehead atoms. The molecule has 6 aromatic rings. The van der Waals surface area contributed by atoms with E-state index in [0.717, 1.165) is 23.6 Å². The van der Waals surface area contributed by atoms with Gasteiger partial charge in [-0.05, 0) is 97.9 Å². The van der Waals surface area contributed by atoms with E-state index in [1.165, 1.54) is 12.1 Å². The number of hydrogen-bond acceptors (Lipinski definition) is 5. The molecule has 1 fully saturated rings. The van der Waals surface area contributed by atoms with Gasteiger partial charge in [-0.15, -0.1) is 0 Å². The first kappa shape index (κ1) is 50.1. The molecule has 0 heterocycles. The lowest BCUT2D eigenvalue weighted by atomic mass is 10.1. The minimum atomic E-state index is -1.12. The summed E-state index contributed by atoms with van der Waals surface area (Å²) < 4.78 is 0. The average Bonchev–Trinajstić information content (AvgIpc) is 4.12. The summed E-state index contributed by atoms with van der Waals surface area (Å²) in [7, 11) is 0. The molecule has 0 atom stereocenters. The Labute approximate surface area is 394 Å². The van der Waals surface area contributed by atoms with Gasteiger partial charge in [0.05, 0.1) is 41.3 Å². The first-order valence-electron chi connectivity index (χ1n) is 19.0. The molecule has 0 unspecified atom stereocenters. The summed E-state index contributed by atoms with van der Waals surface area (Å²) in [4.78, 5) is 57.2. The number of nitrogens with one attached hydrogen (secondary N) is 4. The molecule has 1 saturated carbocycles. The first-order valence-corrected chi connectivity index (χ1v) is 21.3. The van der Waals surface area contributed by atoms with Crippen LogP contribution in [-0.4, -0.2) is 34.7 Å². The highest BCUT2D eigenvalue weighted by molar-refractivity contribution is 6.43. The highest BCUT2D eigenvalue weighted by Crippen LogP contribution is 2.32. The number of halogens is 6. The Morgan fingerprint density at radius 3 is 1.56 bits per heavy atom. The van der Waals surface area contributed by atoms with Crippen molar-refractivity contribution in [2.45, 2.75) is 33.1 Å². The highest BCUT2D eigenvalue weighted by atomic mass is 35.5. The van der Waals surface area contributed by atoms with Crippen molar-refractivity contribution in [3.8, 4) is 0 Å². The van der Waals surface area contributed by atoms with Crippen LogP contribution >= 0.6 is 69.6 Å². The lowest BCUT2D eigenvalue weighted by Crippen LogP contribution is -2.16. The van der Waals surface area contributed by atoms with E-state index in [-0.39, 0.29) is 34.8 Å². The van der Waals surface area contributed by atoms with Crippen LogP contribution in [0.4, 0.5) is 22.7 Å². The third-order valence-electron chi connectivity index (χ3n) is 8.66. The molecule has 6 aromatic carbocycles. The average molecular weight is 970 g/mol. The second-order valence-corrected chi connectivity index (χ2v) is 16.1. The molecule has 16 heteroatoms. The van der Waals surface area contributed by atoms with Gasteiger partial charge in [-0.25, -0.2) is 4.79 Å². The van der Waals surface area contributed by atoms with Crippen molar-refractivity contribution in [3.63, 3.8) is 0 Å². The van der Waals surface area contributed by atoms with E-state index in [4.69, 9.17) is 69.6 Å². The summed E-state index contributed by atoms with van der Waals surface area (Å²) in [5.74, 6) is -1.56. The van der Waals surface area contributed by atoms with E-state index in [1.807, 2.05) is 36.4 Å². The van der Waals surface area contributed by atoms with Crippen LogP contribution in [0.3, 0.4) is 0 Å². The molecule has 326 valence electrons. The minimum absolute atomic E-state index is 0.0137. The van der Waals surface area contributed by atoms with E-state index in [2.05, 4.69) is 27.8 Å². The van der Waals surface area contributed by atoms with Crippen molar-refractivity contribution in [2.24, 2.45) is 5.92 Å². The number of carbonyl (C=O) groups is 5. The largest absolute Gasteiger partial charge is 0.478 e. The molecule has 4 amide bonds. The Kier molecular flexibility index (Phi) is 19.3. The van der Waals surface area contributed by atoms with E-state index in [0.29, 0.717) is 64.9 Å². The van der Waals surface area contributed by atoms with Crippen LogP contribution in [0.5, 0.6) is 0 Å². The Bertz CT molecular complexity index is 2650. The zero-order chi connectivity index (χ0) is 46.2. The molecule has 0 radical (unpaired) electrons. The monoisotopic (exact) mass is 966 g/mol. The summed E-state index contributed by atoms with van der Waals surface area (Å²) in [6.45, 7) is 6.94. The quantitative estimate of drug-likeness (QED) is 0.0909. The molecular weight excluding hydrogens is 929 g/mol. The maximum absolute atomic E-state index is 12.4. The third kappa shape index (κ3) is 15.9. The number of carbonyl (C=O) groups excluding carboxylic acids is 4. The first-order chi connectivity index (χ1) is 30.0. The molecule has 1 aliphatic carbocycles. The fourth-order valence-corrected chi connectivity index (χ4v) is 6.08. The van der Waals surface area contributed by atoms with Gasteiger partial charge >= 0.3 is 5.97 Å². The predicted octanol–water partition coefficient (Wildman–Crippen LogP) is 14.0. The number of hydrogen-bond donors (Lipinski definition) is 5. The predicted molar refractivity (Wildman–Crippen MR) is 258 cm³/mol. The van der Waals surface area contributed by atoms with Crippen LogP contribution in [0.25, 0.3) is 10.8 Å². The van der Waals surface area contributed by atoms with E-state index in [9.17, 15) is 29.1 Å². The van der Waals surface area contributed by atoms with Crippen LogP contribution in [0.2, 0.25) is 30.1 Å². The summed E-state index contributed by atoms with van der Waals surface area (Å²) >= 11 is 34.5. The Hall–Kier alpha value is -5.59. The SMILES string of the molecule is C=C(C)C(=O)Nc1ccc(Cl)c(Cl)c1.CCC(=O)Nc1ccc(Cl)c(Cl)c1.O=C(Nc1ccc(Cl)c(Cl)c1)C1CC1.O=C(O)c1ccccc1C(=O)Nc1cccc2ccccc12. The molecule has 0 spiro atoms. The van der Waals surface area contributed by atoms with Gasteiger partial charge in [0, 0.05) is 46.0 Å². The molecule has 1 aliphatic rings. The van der Waals surface area contributed by atoms with E-state index in [1.54, 1.807) is 86.6 Å². The number of amides is 4. The van der Waals surface area contributed by atoms with Crippen LogP contribution in [-0.2, 0) is 14.4 Å². The van der Waals surface area contributed by atoms with Crippen molar-refractivity contribution in [3.05, 3.63) is 175 Å². The molecular formula is C47H40Cl6N4O6. The standard InChI is InChI=1S/C18H13NO3.2C10H9Cl2NO.C9H9Cl2NO/c20-17(14-9-3-4-10-15(14)18(21)22)19-16-11-5-7-12-6-1-2-8-13(12)16;11-8-4-3-7(5-9(8)12)13-10(14)6-1-2-6;1-6(2)10(14)13-7-3-4-8(11)9(12)5-7;1-2-9(13)12-6-3-4-7(10)8(11)5-6/h1-11H,(H,19,20)(H,21,22);3-6H,1-2H2,(H,13,14);3-5H,1H2,2H3,(H,13,14);3-5H,2H2,1H3,(H,12,13). The highest BCUT2D eigenvalue weighted by Gasteiger charge is 2.29. The van der Waals surface area contributed by atoms with Gasteiger partial charge in [0.25, 0.3) is 11.8 Å². The zero-order valence-corrected chi connectivity index (χ0v) is 38.2. The molecule has 5 N–H and O–H groups in total. The Morgan fingerprint density at radius 2 is 1.06 bits per heavy atom. The smallest absolute Gasteiger partial charge is 0.336 e. The lowest BCUT2D eigenvalue weighted by Gasteiger charge is -2.10. The maximum Gasteiger partial charge on any atom is 0.336 e. The van der Waals surface area contributed by atoms with Crippen LogP contribution in [0, 0.1) is 5.92 Å². The number of carboxylic acid groups (broad SMARTS) is 1. The number of carboxylic acids is 1.